The Kier molecular flexibility index (Phi) is 6.03. The molecule has 3 aliphatic rings. The molecule has 0 aliphatic carbocycles. The van der Waals surface area contributed by atoms with E-state index < -0.39 is 6.04 Å². The standard InChI is InChI=1S/C22H30ClN6O2/c1-5-8-29-18(24-20-19(29)21(30)26(4)22(31)25(20)3)14-27-9-11-28(12-10-27)17-13-16(23)7-6-15(17)2/h6-7,13,19H,5,8-12,14H2,1-4H3/q+1. The number of hydrogen-bond acceptors (Lipinski definition) is 5. The van der Waals surface area contributed by atoms with E-state index in [-0.39, 0.29) is 11.9 Å². The van der Waals surface area contributed by atoms with Gasteiger partial charge in [-0.15, -0.1) is 0 Å². The summed E-state index contributed by atoms with van der Waals surface area (Å²) in [5.74, 6) is 1.22. The van der Waals surface area contributed by atoms with Crippen molar-refractivity contribution in [3.8, 4) is 0 Å². The number of amidine groups is 2. The highest BCUT2D eigenvalue weighted by Crippen LogP contribution is 2.26. The first kappa shape index (κ1) is 21.8. The van der Waals surface area contributed by atoms with Crippen molar-refractivity contribution in [3.05, 3.63) is 28.8 Å². The Morgan fingerprint density at radius 3 is 2.52 bits per heavy atom. The number of nitrogens with zero attached hydrogens (tertiary/aromatic N) is 6. The molecular weight excluding hydrogens is 416 g/mol. The second-order valence-corrected chi connectivity index (χ2v) is 8.85. The molecule has 8 nitrogen and oxygen atoms in total. The van der Waals surface area contributed by atoms with Crippen molar-refractivity contribution in [2.75, 3.05) is 58.3 Å². The number of hydrogen-bond donors (Lipinski definition) is 0. The molecule has 1 unspecified atom stereocenters. The maximum atomic E-state index is 12.9. The molecule has 2 saturated heterocycles. The summed E-state index contributed by atoms with van der Waals surface area (Å²) in [6.07, 6.45) is 0.902. The van der Waals surface area contributed by atoms with Crippen LogP contribution >= 0.6 is 11.6 Å². The highest BCUT2D eigenvalue weighted by atomic mass is 35.5. The zero-order chi connectivity index (χ0) is 22.3. The number of likely N-dealkylation sites (N-methyl/N-ethyl adjacent to an activating group) is 2. The highest BCUT2D eigenvalue weighted by Gasteiger charge is 2.52. The van der Waals surface area contributed by atoms with Gasteiger partial charge in [-0.1, -0.05) is 24.6 Å². The fourth-order valence-corrected chi connectivity index (χ4v) is 4.71. The Morgan fingerprint density at radius 2 is 1.84 bits per heavy atom. The highest BCUT2D eigenvalue weighted by molar-refractivity contribution is 6.30. The summed E-state index contributed by atoms with van der Waals surface area (Å²) in [5, 5.41) is 0.756. The first-order valence-electron chi connectivity index (χ1n) is 10.8. The minimum Gasteiger partial charge on any atom is -0.369 e. The quantitative estimate of drug-likeness (QED) is 0.649. The van der Waals surface area contributed by atoms with Crippen molar-refractivity contribution in [2.24, 2.45) is 4.99 Å². The van der Waals surface area contributed by atoms with Gasteiger partial charge in [0.15, 0.2) is 0 Å². The zero-order valence-electron chi connectivity index (χ0n) is 18.6. The Bertz CT molecular complexity index is 967. The van der Waals surface area contributed by atoms with Crippen LogP contribution < -0.4 is 4.90 Å². The van der Waals surface area contributed by atoms with E-state index in [2.05, 4.69) is 34.3 Å². The van der Waals surface area contributed by atoms with Crippen LogP contribution in [0, 0.1) is 6.92 Å². The van der Waals surface area contributed by atoms with E-state index in [4.69, 9.17) is 16.6 Å². The van der Waals surface area contributed by atoms with Gasteiger partial charge >= 0.3 is 11.9 Å². The average molecular weight is 446 g/mol. The van der Waals surface area contributed by atoms with Gasteiger partial charge in [0.2, 0.25) is 0 Å². The van der Waals surface area contributed by atoms with E-state index in [0.29, 0.717) is 12.4 Å². The molecule has 3 amide bonds. The van der Waals surface area contributed by atoms with E-state index in [1.165, 1.54) is 28.1 Å². The molecule has 3 aliphatic heterocycles. The Morgan fingerprint density at radius 1 is 1.13 bits per heavy atom. The SMILES string of the molecule is CCC[N+]1=C(CN2CCN(c3cc(Cl)ccc3C)CC2)N=C2C1C(=O)N(C)C(=O)N2C. The number of piperazine rings is 1. The normalized spacial score (nSPS) is 22.4. The molecule has 0 saturated carbocycles. The summed E-state index contributed by atoms with van der Waals surface area (Å²) in [6.45, 7) is 9.20. The van der Waals surface area contributed by atoms with Gasteiger partial charge in [0.25, 0.3) is 17.8 Å². The number of aryl methyl sites for hydroxylation is 1. The number of amides is 3. The predicted octanol–water partition coefficient (Wildman–Crippen LogP) is 1.90. The number of halogens is 1. The number of benzene rings is 1. The van der Waals surface area contributed by atoms with Crippen LogP contribution in [0.1, 0.15) is 18.9 Å². The number of carbonyl (C=O) groups excluding carboxylic acids is 2. The van der Waals surface area contributed by atoms with Gasteiger partial charge in [-0.25, -0.2) is 9.37 Å². The van der Waals surface area contributed by atoms with Crippen LogP contribution in [0.4, 0.5) is 10.5 Å². The van der Waals surface area contributed by atoms with Crippen LogP contribution in [0.5, 0.6) is 0 Å². The van der Waals surface area contributed by atoms with Gasteiger partial charge < -0.3 is 4.90 Å². The fourth-order valence-electron chi connectivity index (χ4n) is 4.54. The third-order valence-electron chi connectivity index (χ3n) is 6.33. The van der Waals surface area contributed by atoms with Crippen LogP contribution in [0.3, 0.4) is 0 Å². The summed E-state index contributed by atoms with van der Waals surface area (Å²) in [7, 11) is 3.23. The van der Waals surface area contributed by atoms with E-state index in [1.54, 1.807) is 7.05 Å². The molecule has 0 aromatic heterocycles. The lowest BCUT2D eigenvalue weighted by Gasteiger charge is -2.36. The smallest absolute Gasteiger partial charge is 0.333 e. The third kappa shape index (κ3) is 3.94. The van der Waals surface area contributed by atoms with Crippen molar-refractivity contribution in [2.45, 2.75) is 26.3 Å². The Hall–Kier alpha value is -2.45. The minimum absolute atomic E-state index is 0.202. The van der Waals surface area contributed by atoms with Gasteiger partial charge in [-0.3, -0.25) is 19.5 Å². The molecule has 1 aromatic rings. The number of aliphatic imine (C=N–C) groups is 1. The summed E-state index contributed by atoms with van der Waals surface area (Å²) >= 11 is 6.21. The largest absolute Gasteiger partial charge is 0.369 e. The van der Waals surface area contributed by atoms with E-state index in [1.807, 2.05) is 12.1 Å². The number of imide groups is 1. The molecule has 0 bridgehead atoms. The van der Waals surface area contributed by atoms with E-state index in [0.717, 1.165) is 50.0 Å². The number of anilines is 1. The van der Waals surface area contributed by atoms with Gasteiger partial charge in [0, 0.05) is 51.0 Å². The molecule has 9 heteroatoms. The van der Waals surface area contributed by atoms with E-state index >= 15 is 0 Å². The lowest BCUT2D eigenvalue weighted by molar-refractivity contribution is -0.536. The Labute approximate surface area is 188 Å². The van der Waals surface area contributed by atoms with Gasteiger partial charge in [-0.2, -0.15) is 0 Å². The van der Waals surface area contributed by atoms with Crippen molar-refractivity contribution < 1.29 is 14.2 Å². The molecule has 1 aromatic carbocycles. The monoisotopic (exact) mass is 445 g/mol. The molecule has 2 fully saturated rings. The van der Waals surface area contributed by atoms with Crippen molar-refractivity contribution in [1.82, 2.24) is 14.7 Å². The molecule has 0 spiro atoms. The van der Waals surface area contributed by atoms with Crippen LogP contribution in [-0.4, -0.2) is 102 Å². The maximum Gasteiger partial charge on any atom is 0.333 e. The molecule has 3 heterocycles. The molecule has 31 heavy (non-hydrogen) atoms. The van der Waals surface area contributed by atoms with Gasteiger partial charge in [0.05, 0.1) is 6.54 Å². The maximum absolute atomic E-state index is 12.9. The summed E-state index contributed by atoms with van der Waals surface area (Å²) < 4.78 is 2.07. The lowest BCUT2D eigenvalue weighted by Crippen LogP contribution is -2.61. The fraction of sp³-hybridized carbons (Fsp3) is 0.545. The van der Waals surface area contributed by atoms with Gasteiger partial charge in [0.1, 0.15) is 6.54 Å². The second-order valence-electron chi connectivity index (χ2n) is 8.42. The minimum atomic E-state index is -0.502. The van der Waals surface area contributed by atoms with Crippen LogP contribution in [0.2, 0.25) is 5.02 Å². The summed E-state index contributed by atoms with van der Waals surface area (Å²) in [5.41, 5.74) is 2.41. The molecular formula is C22H30ClN6O2+. The van der Waals surface area contributed by atoms with Crippen LogP contribution in [-0.2, 0) is 4.79 Å². The molecule has 4 rings (SSSR count). The Balaban J connectivity index is 1.50. The molecule has 1 atom stereocenters. The molecule has 166 valence electrons. The lowest BCUT2D eigenvalue weighted by atomic mass is 10.1. The predicted molar refractivity (Wildman–Crippen MR) is 122 cm³/mol. The number of rotatable bonds is 5. The zero-order valence-corrected chi connectivity index (χ0v) is 19.4. The second kappa shape index (κ2) is 8.59. The summed E-state index contributed by atoms with van der Waals surface area (Å²) in [6, 6.07) is 5.19. The van der Waals surface area contributed by atoms with Crippen molar-refractivity contribution in [3.63, 3.8) is 0 Å². The van der Waals surface area contributed by atoms with E-state index in [9.17, 15) is 9.59 Å². The first-order valence-corrected chi connectivity index (χ1v) is 11.2. The first-order chi connectivity index (χ1) is 14.8. The number of fused-ring (bicyclic) bond motifs is 1. The van der Waals surface area contributed by atoms with Crippen molar-refractivity contribution >= 4 is 40.9 Å². The third-order valence-corrected chi connectivity index (χ3v) is 6.56. The number of urea groups is 1. The summed E-state index contributed by atoms with van der Waals surface area (Å²) in [4.78, 5) is 37.4. The van der Waals surface area contributed by atoms with Crippen molar-refractivity contribution in [1.29, 1.82) is 0 Å². The number of carbonyl (C=O) groups is 2. The average Bonchev–Trinajstić information content (AvgIpc) is 3.11. The topological polar surface area (TPSA) is 62.5 Å². The van der Waals surface area contributed by atoms with Crippen LogP contribution in [0.25, 0.3) is 0 Å². The molecule has 0 radical (unpaired) electrons. The van der Waals surface area contributed by atoms with Crippen LogP contribution in [0.15, 0.2) is 23.2 Å². The van der Waals surface area contributed by atoms with Gasteiger partial charge in [-0.05, 0) is 36.0 Å². The molecule has 0 N–H and O–H groups in total.